The second-order valence-electron chi connectivity index (χ2n) is 24.4. The lowest BCUT2D eigenvalue weighted by atomic mass is 10.1. The Morgan fingerprint density at radius 1 is 0.316 bits per heavy atom. The molecule has 0 saturated carbocycles. The molecule has 0 rings (SSSR count). The molecule has 0 unspecified atom stereocenters. The van der Waals surface area contributed by atoms with E-state index < -0.39 is 66.8 Å². The van der Waals surface area contributed by atoms with Crippen LogP contribution in [0.4, 0.5) is 19.2 Å². The zero-order chi connectivity index (χ0) is 57.9. The van der Waals surface area contributed by atoms with Gasteiger partial charge in [-0.2, -0.15) is 0 Å². The first-order valence-electron chi connectivity index (χ1n) is 29.1. The minimum atomic E-state index is -3.45. The van der Waals surface area contributed by atoms with Gasteiger partial charge in [-0.15, -0.1) is 0 Å². The number of ether oxygens (including phenoxy) is 4. The molecule has 0 heterocycles. The Morgan fingerprint density at radius 3 is 0.763 bits per heavy atom. The number of nitrogens with one attached hydrogen (secondary N) is 2. The van der Waals surface area contributed by atoms with Gasteiger partial charge in [-0.25, -0.2) is 45.5 Å². The number of sulfonamides is 2. The summed E-state index contributed by atoms with van der Waals surface area (Å²) in [7, 11) is -6.90. The van der Waals surface area contributed by atoms with Gasteiger partial charge in [-0.1, -0.05) is 104 Å². The van der Waals surface area contributed by atoms with Crippen molar-refractivity contribution in [2.24, 2.45) is 0 Å². The molecular formula is C56H112N6O12S2. The summed E-state index contributed by atoms with van der Waals surface area (Å²) in [4.78, 5) is 60.2. The summed E-state index contributed by atoms with van der Waals surface area (Å²) in [5, 5.41) is 0. The molecule has 0 atom stereocenters. The average molecular weight is 1130 g/mol. The van der Waals surface area contributed by atoms with Gasteiger partial charge in [0.25, 0.3) is 0 Å². The van der Waals surface area contributed by atoms with E-state index in [1.54, 1.807) is 103 Å². The molecular weight excluding hydrogens is 1010 g/mol. The molecule has 18 nitrogen and oxygen atoms in total. The van der Waals surface area contributed by atoms with Crippen LogP contribution in [0.15, 0.2) is 0 Å². The van der Waals surface area contributed by atoms with E-state index >= 15 is 0 Å². The van der Waals surface area contributed by atoms with E-state index in [9.17, 15) is 36.0 Å². The number of nitrogens with zero attached hydrogens (tertiary/aromatic N) is 4. The molecule has 2 N–H and O–H groups in total. The third kappa shape index (κ3) is 42.9. The van der Waals surface area contributed by atoms with Crippen LogP contribution in [-0.2, 0) is 39.0 Å². The lowest BCUT2D eigenvalue weighted by molar-refractivity contribution is 0.0165. The predicted molar refractivity (Wildman–Crippen MR) is 308 cm³/mol. The SMILES string of the molecule is CCCCCCCCCCS(=O)(=O)NCCCN(CCCN(CCCCN(CCCN(CCCNS(=O)(=O)CCCCCCCCCC)C(=O)OC(C)(C)C)C(=O)OC(C)(C)C)C(=O)OC(C)(C)C)C(=O)OC(C)(C)C. The second kappa shape index (κ2) is 38.5. The van der Waals surface area contributed by atoms with Gasteiger partial charge in [0.1, 0.15) is 22.4 Å². The molecule has 450 valence electrons. The molecule has 0 bridgehead atoms. The first-order valence-corrected chi connectivity index (χ1v) is 32.5. The van der Waals surface area contributed by atoms with Gasteiger partial charge in [0.15, 0.2) is 0 Å². The molecule has 76 heavy (non-hydrogen) atoms. The molecule has 0 fully saturated rings. The van der Waals surface area contributed by atoms with Gasteiger partial charge in [0.05, 0.1) is 11.5 Å². The van der Waals surface area contributed by atoms with Gasteiger partial charge in [-0.05, 0) is 134 Å². The Hall–Kier alpha value is -3.10. The lowest BCUT2D eigenvalue weighted by Gasteiger charge is -2.31. The highest BCUT2D eigenvalue weighted by Crippen LogP contribution is 2.17. The summed E-state index contributed by atoms with van der Waals surface area (Å²) in [6, 6.07) is 0. The van der Waals surface area contributed by atoms with Crippen LogP contribution in [-0.4, -0.2) is 160 Å². The Kier molecular flexibility index (Phi) is 36.9. The lowest BCUT2D eigenvalue weighted by Crippen LogP contribution is -2.42. The maximum atomic E-state index is 13.6. The largest absolute Gasteiger partial charge is 0.444 e. The molecule has 0 aromatic carbocycles. The molecule has 0 spiro atoms. The molecule has 4 amide bonds. The molecule has 0 aromatic rings. The van der Waals surface area contributed by atoms with Crippen molar-refractivity contribution >= 4 is 44.4 Å². The van der Waals surface area contributed by atoms with Crippen molar-refractivity contribution in [1.82, 2.24) is 29.0 Å². The van der Waals surface area contributed by atoms with Crippen LogP contribution >= 0.6 is 0 Å². The number of rotatable bonds is 41. The molecule has 0 aliphatic heterocycles. The predicted octanol–water partition coefficient (Wildman–Crippen LogP) is 12.4. The smallest absolute Gasteiger partial charge is 0.410 e. The fourth-order valence-corrected chi connectivity index (χ4v) is 10.4. The Bertz CT molecular complexity index is 1680. The van der Waals surface area contributed by atoms with Gasteiger partial charge < -0.3 is 38.5 Å². The summed E-state index contributed by atoms with van der Waals surface area (Å²) in [6.45, 7) is 28.3. The topological polar surface area (TPSA) is 210 Å². The molecule has 0 aliphatic rings. The highest BCUT2D eigenvalue weighted by atomic mass is 32.2. The maximum absolute atomic E-state index is 13.6. The fraction of sp³-hybridized carbons (Fsp3) is 0.929. The third-order valence-electron chi connectivity index (χ3n) is 11.8. The number of carbonyl (C=O) groups excluding carboxylic acids is 4. The van der Waals surface area contributed by atoms with Gasteiger partial charge >= 0.3 is 24.4 Å². The summed E-state index contributed by atoms with van der Waals surface area (Å²) in [5.74, 6) is 0.143. The summed E-state index contributed by atoms with van der Waals surface area (Å²) >= 11 is 0. The normalized spacial score (nSPS) is 12.6. The van der Waals surface area contributed by atoms with Crippen LogP contribution in [0.5, 0.6) is 0 Å². The Balaban J connectivity index is 5.72. The van der Waals surface area contributed by atoms with Crippen molar-refractivity contribution in [2.45, 2.75) is 261 Å². The number of amides is 4. The summed E-state index contributed by atoms with van der Waals surface area (Å²) in [5.41, 5.74) is -3.03. The molecule has 20 heteroatoms. The van der Waals surface area contributed by atoms with Crippen molar-refractivity contribution in [3.8, 4) is 0 Å². The van der Waals surface area contributed by atoms with Crippen LogP contribution in [0.1, 0.15) is 238 Å². The summed E-state index contributed by atoms with van der Waals surface area (Å²) in [6.07, 6.45) is 17.4. The van der Waals surface area contributed by atoms with Gasteiger partial charge in [0.2, 0.25) is 20.0 Å². The number of hydrogen-bond acceptors (Lipinski definition) is 12. The quantitative estimate of drug-likeness (QED) is 0.0433. The first kappa shape index (κ1) is 72.9. The van der Waals surface area contributed by atoms with E-state index in [4.69, 9.17) is 18.9 Å². The molecule has 0 radical (unpaired) electrons. The Morgan fingerprint density at radius 2 is 0.526 bits per heavy atom. The highest BCUT2D eigenvalue weighted by Gasteiger charge is 2.28. The number of unbranched alkanes of at least 4 members (excludes halogenated alkanes) is 15. The molecule has 0 aliphatic carbocycles. The van der Waals surface area contributed by atoms with E-state index in [2.05, 4.69) is 23.3 Å². The second-order valence-corrected chi connectivity index (χ2v) is 28.2. The van der Waals surface area contributed by atoms with Crippen molar-refractivity contribution in [1.29, 1.82) is 0 Å². The minimum Gasteiger partial charge on any atom is -0.444 e. The van der Waals surface area contributed by atoms with Crippen LogP contribution in [0, 0.1) is 0 Å². The monoisotopic (exact) mass is 1120 g/mol. The fourth-order valence-electron chi connectivity index (χ4n) is 7.99. The van der Waals surface area contributed by atoms with E-state index in [0.29, 0.717) is 64.5 Å². The van der Waals surface area contributed by atoms with E-state index in [1.165, 1.54) is 51.4 Å². The zero-order valence-corrected chi connectivity index (χ0v) is 52.2. The molecule has 0 saturated heterocycles. The minimum absolute atomic E-state index is 0.0717. The number of carbonyl (C=O) groups is 4. The average Bonchev–Trinajstić information content (AvgIpc) is 3.27. The van der Waals surface area contributed by atoms with E-state index in [0.717, 1.165) is 38.5 Å². The van der Waals surface area contributed by atoms with Crippen LogP contribution in [0.25, 0.3) is 0 Å². The highest BCUT2D eigenvalue weighted by molar-refractivity contribution is 7.89. The van der Waals surface area contributed by atoms with Crippen molar-refractivity contribution in [3.05, 3.63) is 0 Å². The zero-order valence-electron chi connectivity index (χ0n) is 50.5. The summed E-state index contributed by atoms with van der Waals surface area (Å²) < 4.78 is 79.3. The number of hydrogen-bond donors (Lipinski definition) is 2. The van der Waals surface area contributed by atoms with Crippen molar-refractivity contribution < 1.29 is 55.0 Å². The van der Waals surface area contributed by atoms with Crippen LogP contribution in [0.3, 0.4) is 0 Å². The Labute approximate surface area is 464 Å². The van der Waals surface area contributed by atoms with E-state index in [-0.39, 0.29) is 63.9 Å². The van der Waals surface area contributed by atoms with E-state index in [1.807, 2.05) is 0 Å². The maximum Gasteiger partial charge on any atom is 0.410 e. The van der Waals surface area contributed by atoms with Crippen molar-refractivity contribution in [2.75, 3.05) is 77.0 Å². The van der Waals surface area contributed by atoms with Gasteiger partial charge in [0, 0.05) is 65.4 Å². The third-order valence-corrected chi connectivity index (χ3v) is 14.8. The molecule has 0 aromatic heterocycles. The van der Waals surface area contributed by atoms with Gasteiger partial charge in [-0.3, -0.25) is 0 Å². The van der Waals surface area contributed by atoms with Crippen molar-refractivity contribution in [3.63, 3.8) is 0 Å². The standard InChI is InChI=1S/C56H112N6O12S2/c1-15-17-19-21-23-25-27-31-47-75(67,68)57-37-33-41-61(51(65)73-55(9,10)11)45-35-43-59(49(63)71-53(3,4)5)39-29-30-40-60(50(64)72-54(6,7)8)44-36-46-62(52(66)74-56(12,13)14)42-34-38-58-76(69,70)48-32-28-26-24-22-20-18-16-2/h57-58H,15-48H2,1-14H3. The van der Waals surface area contributed by atoms with Crippen LogP contribution < -0.4 is 9.44 Å². The van der Waals surface area contributed by atoms with Crippen LogP contribution in [0.2, 0.25) is 0 Å². The first-order chi connectivity index (χ1) is 35.3.